The number of rotatable bonds is 4. The summed E-state index contributed by atoms with van der Waals surface area (Å²) in [6.07, 6.45) is 0. The molecule has 2 rings (SSSR count). The minimum atomic E-state index is -0.913. The van der Waals surface area contributed by atoms with Crippen LogP contribution in [-0.2, 0) is 0 Å². The van der Waals surface area contributed by atoms with E-state index in [0.717, 1.165) is 0 Å². The molecule has 0 bridgehead atoms. The van der Waals surface area contributed by atoms with Crippen LogP contribution < -0.4 is 0 Å². The first-order chi connectivity index (χ1) is 9.18. The van der Waals surface area contributed by atoms with Gasteiger partial charge >= 0.3 is 0 Å². The fraction of sp³-hybridized carbons (Fsp3) is 0. The smallest absolute Gasteiger partial charge is 0.214 e. The van der Waals surface area contributed by atoms with Gasteiger partial charge in [0, 0.05) is 5.56 Å². The number of benzene rings is 2. The van der Waals surface area contributed by atoms with Crippen LogP contribution >= 0.6 is 0 Å². The molecule has 0 heterocycles. The van der Waals surface area contributed by atoms with Gasteiger partial charge in [-0.2, -0.15) is 0 Å². The number of carbonyl (C=O) groups is 1. The van der Waals surface area contributed by atoms with Crippen LogP contribution in [0.25, 0.3) is 0 Å². The molecule has 19 heavy (non-hydrogen) atoms. The van der Waals surface area contributed by atoms with Crippen LogP contribution in [0.1, 0.15) is 15.9 Å². The van der Waals surface area contributed by atoms with Crippen LogP contribution in [0.5, 0.6) is 0 Å². The van der Waals surface area contributed by atoms with Crippen molar-refractivity contribution in [3.8, 4) is 0 Å². The highest BCUT2D eigenvalue weighted by Gasteiger charge is 2.16. The topological polar surface area (TPSA) is 84.9 Å². The van der Waals surface area contributed by atoms with Crippen LogP contribution in [-0.4, -0.2) is 10.8 Å². The predicted octanol–water partition coefficient (Wildman–Crippen LogP) is 3.19. The third kappa shape index (κ3) is 3.06. The van der Waals surface area contributed by atoms with Crippen molar-refractivity contribution >= 4 is 11.5 Å². The molecule has 0 N–H and O–H groups in total. The average molecular weight is 255 g/mol. The van der Waals surface area contributed by atoms with E-state index in [1.54, 1.807) is 48.5 Å². The van der Waals surface area contributed by atoms with E-state index in [2.05, 4.69) is 10.3 Å². The highest BCUT2D eigenvalue weighted by atomic mass is 16.7. The van der Waals surface area contributed by atoms with E-state index in [1.807, 2.05) is 0 Å². The third-order valence-corrected chi connectivity index (χ3v) is 2.41. The Morgan fingerprint density at radius 2 is 1.63 bits per heavy atom. The number of nitrogens with zero attached hydrogens (tertiary/aromatic N) is 3. The molecule has 0 spiro atoms. The lowest BCUT2D eigenvalue weighted by Crippen LogP contribution is -2.01. The van der Waals surface area contributed by atoms with E-state index in [1.165, 1.54) is 6.07 Å². The second-order valence-electron chi connectivity index (χ2n) is 3.64. The normalized spacial score (nSPS) is 10.5. The van der Waals surface area contributed by atoms with Crippen molar-refractivity contribution in [1.29, 1.82) is 0 Å². The summed E-state index contributed by atoms with van der Waals surface area (Å²) >= 11 is 0. The molecule has 0 aliphatic rings. The molecule has 0 amide bonds. The molecular weight excluding hydrogens is 246 g/mol. The molecule has 2 aromatic rings. The Hall–Kier alpha value is -2.89. The molecule has 0 aromatic heterocycles. The molecule has 0 saturated heterocycles. The molecule has 0 aliphatic heterocycles. The third-order valence-electron chi connectivity index (χ3n) is 2.41. The van der Waals surface area contributed by atoms with Gasteiger partial charge in [-0.1, -0.05) is 42.5 Å². The molecular formula is C13H9N3O3. The summed E-state index contributed by atoms with van der Waals surface area (Å²) in [6, 6.07) is 15.0. The summed E-state index contributed by atoms with van der Waals surface area (Å²) in [4.78, 5) is 22.4. The number of hydrogen-bond donors (Lipinski definition) is 0. The Labute approximate surface area is 108 Å². The highest BCUT2D eigenvalue weighted by Crippen LogP contribution is 2.22. The Bertz CT molecular complexity index is 639. The first-order valence-corrected chi connectivity index (χ1v) is 5.43. The van der Waals surface area contributed by atoms with Crippen LogP contribution in [0.15, 0.2) is 64.9 Å². The zero-order chi connectivity index (χ0) is 13.7. The zero-order valence-electron chi connectivity index (χ0n) is 9.76. The predicted molar refractivity (Wildman–Crippen MR) is 67.8 cm³/mol. The summed E-state index contributed by atoms with van der Waals surface area (Å²) in [5, 5.41) is 15.6. The first-order valence-electron chi connectivity index (χ1n) is 5.43. The van der Waals surface area contributed by atoms with Crippen molar-refractivity contribution in [1.82, 2.24) is 0 Å². The standard InChI is InChI=1S/C13H9N3O3/c17-13(10-6-2-1-3-7-10)11-8-4-5-9-12(11)14-15-16(18)19/h1-9H. The molecule has 0 saturated carbocycles. The molecule has 0 radical (unpaired) electrons. The summed E-state index contributed by atoms with van der Waals surface area (Å²) in [6.45, 7) is 0. The van der Waals surface area contributed by atoms with Gasteiger partial charge in [0.25, 0.3) is 0 Å². The number of carbonyl (C=O) groups excluding carboxylic acids is 1. The van der Waals surface area contributed by atoms with Crippen molar-refractivity contribution in [2.24, 2.45) is 10.3 Å². The Kier molecular flexibility index (Phi) is 3.72. The van der Waals surface area contributed by atoms with Crippen LogP contribution in [0, 0.1) is 10.1 Å². The Morgan fingerprint density at radius 1 is 1.00 bits per heavy atom. The van der Waals surface area contributed by atoms with E-state index < -0.39 is 5.03 Å². The second-order valence-corrected chi connectivity index (χ2v) is 3.64. The maximum atomic E-state index is 12.2. The lowest BCUT2D eigenvalue weighted by molar-refractivity contribution is -0.493. The quantitative estimate of drug-likeness (QED) is 0.364. The molecule has 0 aliphatic carbocycles. The fourth-order valence-corrected chi connectivity index (χ4v) is 1.58. The van der Waals surface area contributed by atoms with Gasteiger partial charge in [0.2, 0.25) is 5.69 Å². The number of nitro groups is 1. The van der Waals surface area contributed by atoms with Gasteiger partial charge in [-0.15, -0.1) is 0 Å². The highest BCUT2D eigenvalue weighted by molar-refractivity contribution is 6.11. The lowest BCUT2D eigenvalue weighted by Gasteiger charge is -2.00. The molecule has 6 heteroatoms. The first kappa shape index (κ1) is 12.6. The van der Waals surface area contributed by atoms with Gasteiger partial charge < -0.3 is 10.1 Å². The number of hydrogen-bond acceptors (Lipinski definition) is 4. The summed E-state index contributed by atoms with van der Waals surface area (Å²) in [7, 11) is 0. The van der Waals surface area contributed by atoms with Crippen LogP contribution in [0.4, 0.5) is 5.69 Å². The van der Waals surface area contributed by atoms with E-state index in [0.29, 0.717) is 5.56 Å². The number of ketones is 1. The average Bonchev–Trinajstić information content (AvgIpc) is 2.45. The Balaban J connectivity index is 2.40. The van der Waals surface area contributed by atoms with E-state index >= 15 is 0 Å². The summed E-state index contributed by atoms with van der Waals surface area (Å²) in [5.74, 6) is -0.251. The maximum absolute atomic E-state index is 12.2. The maximum Gasteiger partial charge on any atom is 0.214 e. The zero-order valence-corrected chi connectivity index (χ0v) is 9.76. The lowest BCUT2D eigenvalue weighted by atomic mass is 10.0. The monoisotopic (exact) mass is 255 g/mol. The molecule has 2 aromatic carbocycles. The molecule has 0 atom stereocenters. The van der Waals surface area contributed by atoms with Gasteiger partial charge in [-0.25, -0.2) is 0 Å². The van der Waals surface area contributed by atoms with Crippen molar-refractivity contribution in [3.63, 3.8) is 0 Å². The van der Waals surface area contributed by atoms with Crippen molar-refractivity contribution < 1.29 is 9.83 Å². The fourth-order valence-electron chi connectivity index (χ4n) is 1.58. The molecule has 0 unspecified atom stereocenters. The minimum Gasteiger partial charge on any atom is -0.337 e. The van der Waals surface area contributed by atoms with Crippen molar-refractivity contribution in [3.05, 3.63) is 75.8 Å². The second kappa shape index (κ2) is 5.63. The van der Waals surface area contributed by atoms with Crippen LogP contribution in [0.2, 0.25) is 0 Å². The molecule has 6 nitrogen and oxygen atoms in total. The van der Waals surface area contributed by atoms with Gasteiger partial charge in [0.15, 0.2) is 11.0 Å². The van der Waals surface area contributed by atoms with Crippen LogP contribution in [0.3, 0.4) is 0 Å². The summed E-state index contributed by atoms with van der Waals surface area (Å²) < 4.78 is 0. The SMILES string of the molecule is O=C(c1ccccc1)c1ccccc1N=N[N+](=O)[O-]. The summed E-state index contributed by atoms with van der Waals surface area (Å²) in [5.41, 5.74) is 0.943. The van der Waals surface area contributed by atoms with Gasteiger partial charge in [-0.05, 0) is 12.1 Å². The van der Waals surface area contributed by atoms with E-state index in [9.17, 15) is 14.9 Å². The van der Waals surface area contributed by atoms with Crippen molar-refractivity contribution in [2.45, 2.75) is 0 Å². The molecule has 0 fully saturated rings. The van der Waals surface area contributed by atoms with Gasteiger partial charge in [0.05, 0.1) is 15.7 Å². The Morgan fingerprint density at radius 3 is 2.32 bits per heavy atom. The van der Waals surface area contributed by atoms with Gasteiger partial charge in [-0.3, -0.25) is 4.79 Å². The van der Waals surface area contributed by atoms with Crippen molar-refractivity contribution in [2.75, 3.05) is 0 Å². The van der Waals surface area contributed by atoms with E-state index in [4.69, 9.17) is 0 Å². The van der Waals surface area contributed by atoms with E-state index in [-0.39, 0.29) is 17.0 Å². The minimum absolute atomic E-state index is 0.174. The molecule has 94 valence electrons. The van der Waals surface area contributed by atoms with Gasteiger partial charge in [0.1, 0.15) is 0 Å². The largest absolute Gasteiger partial charge is 0.337 e.